The lowest BCUT2D eigenvalue weighted by molar-refractivity contribution is -0.270. The van der Waals surface area contributed by atoms with Crippen LogP contribution < -0.4 is 10.6 Å². The predicted octanol–water partition coefficient (Wildman–Crippen LogP) is 25.0. The molecule has 5 N–H and O–H groups in total. The maximum Gasteiger partial charge on any atom is 0.470 e. The molecule has 1 heterocycles. The first-order valence-corrected chi connectivity index (χ1v) is 49.1. The molecule has 8 atom stereocenters. The summed E-state index contributed by atoms with van der Waals surface area (Å²) in [5.74, 6) is -2.47. The van der Waals surface area contributed by atoms with Gasteiger partial charge in [-0.3, -0.25) is 28.5 Å². The fourth-order valence-corrected chi connectivity index (χ4v) is 16.1. The molecule has 0 aliphatic carbocycles. The second-order valence-corrected chi connectivity index (χ2v) is 34.4. The molecular formula is C92H177N2O16P. The lowest BCUT2D eigenvalue weighted by Crippen LogP contribution is -2.66. The van der Waals surface area contributed by atoms with Crippen molar-refractivity contribution in [1.82, 2.24) is 10.6 Å². The molecule has 1 fully saturated rings. The van der Waals surface area contributed by atoms with Crippen molar-refractivity contribution in [3.8, 4) is 0 Å². The van der Waals surface area contributed by atoms with Gasteiger partial charge < -0.3 is 53.9 Å². The van der Waals surface area contributed by atoms with Crippen LogP contribution in [-0.4, -0.2) is 120 Å². The van der Waals surface area contributed by atoms with Gasteiger partial charge in [-0.1, -0.05) is 401 Å². The molecule has 2 amide bonds. The number of rotatable bonds is 85. The van der Waals surface area contributed by atoms with Gasteiger partial charge in [-0.05, 0) is 51.4 Å². The highest BCUT2D eigenvalue weighted by Gasteiger charge is 2.52. The van der Waals surface area contributed by atoms with Gasteiger partial charge >= 0.3 is 25.7 Å². The van der Waals surface area contributed by atoms with Gasteiger partial charge in [0.25, 0.3) is 0 Å². The highest BCUT2D eigenvalue weighted by Crippen LogP contribution is 2.42. The number of ether oxygens (including phenoxy) is 6. The summed E-state index contributed by atoms with van der Waals surface area (Å²) in [5, 5.41) is 16.9. The van der Waals surface area contributed by atoms with E-state index in [2.05, 4.69) is 52.2 Å². The van der Waals surface area contributed by atoms with E-state index in [9.17, 15) is 43.4 Å². The molecule has 0 bridgehead atoms. The summed E-state index contributed by atoms with van der Waals surface area (Å²) in [6.07, 6.45) is 62.4. The summed E-state index contributed by atoms with van der Waals surface area (Å²) in [6.45, 7) is 12.7. The van der Waals surface area contributed by atoms with E-state index >= 15 is 0 Å². The number of carbonyl (C=O) groups is 5. The van der Waals surface area contributed by atoms with Crippen LogP contribution in [0.25, 0.3) is 0 Å². The van der Waals surface area contributed by atoms with Crippen molar-refractivity contribution in [3.63, 3.8) is 0 Å². The normalized spacial score (nSPS) is 16.7. The van der Waals surface area contributed by atoms with E-state index in [1.807, 2.05) is 0 Å². The Labute approximate surface area is 681 Å². The highest BCUT2D eigenvalue weighted by molar-refractivity contribution is 7.46. The van der Waals surface area contributed by atoms with Crippen LogP contribution in [0.3, 0.4) is 0 Å². The monoisotopic (exact) mass is 1600 g/mol. The highest BCUT2D eigenvalue weighted by atomic mass is 31.2. The van der Waals surface area contributed by atoms with E-state index < -0.39 is 87.7 Å². The number of unbranched alkanes of at least 4 members (excludes halogenated alkanes) is 55. The minimum absolute atomic E-state index is 0.0536. The first-order valence-electron chi connectivity index (χ1n) is 47.5. The molecule has 0 saturated carbocycles. The quantitative estimate of drug-likeness (QED) is 0.0164. The number of esters is 3. The summed E-state index contributed by atoms with van der Waals surface area (Å²) < 4.78 is 56.3. The van der Waals surface area contributed by atoms with E-state index in [1.54, 1.807) is 0 Å². The number of carbonyl (C=O) groups excluding carboxylic acids is 5. The fraction of sp³-hybridized carbons (Fsp3) is 0.946. The molecule has 0 aromatic carbocycles. The van der Waals surface area contributed by atoms with Crippen LogP contribution in [-0.2, 0) is 61.5 Å². The molecule has 0 aromatic rings. The topological polar surface area (TPSA) is 252 Å². The van der Waals surface area contributed by atoms with Crippen molar-refractivity contribution in [2.24, 2.45) is 0 Å². The molecule has 0 spiro atoms. The zero-order chi connectivity index (χ0) is 81.0. The standard InChI is InChI=1S/C92H177N2O16P/c1-7-13-19-25-31-37-40-43-49-55-61-67-74-104-80(68-62-56-50-44-34-28-22-16-10-4)76-85(97)94-89-91(109-88(100)78-82(70-64-58-52-46-36-30-24-18-12-6)107-87(99)72-66-60-54-48-42-39-33-27-21-15-9-3)90(110-111(101,102)103)83(79-95)108-92(89)105-75-73-93-84(96)77-81(69-63-57-51-45-35-29-23-17-11-5)106-86(98)71-65-59-53-47-41-38-32-26-20-14-8-2/h80-83,89-92,95H,7-79H2,1-6H3,(H,93,96)(H,94,97)(H2,101,102,103)/t80-,81-,82-,83-,89-,90-,91-,92-/m1/s1. The van der Waals surface area contributed by atoms with E-state index in [0.29, 0.717) is 45.1 Å². The molecule has 0 aromatic heterocycles. The van der Waals surface area contributed by atoms with Gasteiger partial charge in [0.2, 0.25) is 11.8 Å². The Balaban J connectivity index is 3.64. The Morgan fingerprint density at radius 1 is 0.360 bits per heavy atom. The first kappa shape index (κ1) is 106. The van der Waals surface area contributed by atoms with Gasteiger partial charge in [-0.2, -0.15) is 0 Å². The van der Waals surface area contributed by atoms with E-state index in [1.165, 1.54) is 238 Å². The van der Waals surface area contributed by atoms with Gasteiger partial charge in [0, 0.05) is 26.0 Å². The largest absolute Gasteiger partial charge is 0.470 e. The third-order valence-corrected chi connectivity index (χ3v) is 22.9. The number of aliphatic hydroxyl groups excluding tert-OH is 1. The number of amides is 2. The van der Waals surface area contributed by atoms with Gasteiger partial charge in [-0.15, -0.1) is 0 Å². The zero-order valence-electron chi connectivity index (χ0n) is 72.8. The van der Waals surface area contributed by atoms with Crippen LogP contribution in [0, 0.1) is 0 Å². The molecular weight excluding hydrogens is 1420 g/mol. The van der Waals surface area contributed by atoms with Crippen molar-refractivity contribution in [1.29, 1.82) is 0 Å². The summed E-state index contributed by atoms with van der Waals surface area (Å²) in [5.41, 5.74) is 0. The Kier molecular flexibility index (Phi) is 75.2. The Morgan fingerprint density at radius 3 is 1.01 bits per heavy atom. The number of hydrogen-bond donors (Lipinski definition) is 5. The van der Waals surface area contributed by atoms with Crippen LogP contribution in [0.5, 0.6) is 0 Å². The van der Waals surface area contributed by atoms with Crippen LogP contribution in [0.15, 0.2) is 0 Å². The first-order chi connectivity index (χ1) is 54.1. The molecule has 656 valence electrons. The molecule has 1 aliphatic heterocycles. The summed E-state index contributed by atoms with van der Waals surface area (Å²) in [7, 11) is -5.43. The second-order valence-electron chi connectivity index (χ2n) is 33.2. The van der Waals surface area contributed by atoms with Gasteiger partial charge in [0.1, 0.15) is 30.5 Å². The van der Waals surface area contributed by atoms with Crippen molar-refractivity contribution in [2.45, 2.75) is 534 Å². The predicted molar refractivity (Wildman–Crippen MR) is 456 cm³/mol. The van der Waals surface area contributed by atoms with Gasteiger partial charge in [0.05, 0.1) is 38.6 Å². The number of nitrogens with one attached hydrogen (secondary N) is 2. The van der Waals surface area contributed by atoms with Crippen LogP contribution >= 0.6 is 7.82 Å². The summed E-state index contributed by atoms with van der Waals surface area (Å²) >= 11 is 0. The maximum atomic E-state index is 14.9. The lowest BCUT2D eigenvalue weighted by Gasteiger charge is -2.45. The lowest BCUT2D eigenvalue weighted by atomic mass is 9.96. The molecule has 1 saturated heterocycles. The smallest absolute Gasteiger partial charge is 0.462 e. The molecule has 19 heteroatoms. The molecule has 0 unspecified atom stereocenters. The second kappa shape index (κ2) is 78.5. The maximum absolute atomic E-state index is 14.9. The third-order valence-electron chi connectivity index (χ3n) is 22.4. The SMILES string of the molecule is CCCCCCCCCCCCCCO[C@H](CCCCCCCCCCC)CC(=O)N[C@H]1[C@H](OCCNC(=O)C[C@@H](CCCCCCCCCCC)OC(=O)CCCCCCCCCCCCC)O[C@H](CO)[C@@H](OP(=O)(O)O)[C@@H]1OC(=O)C[C@@H](CCCCCCCCCCC)OC(=O)CCCCCCCCCCCCC. The Hall–Kier alpha value is -2.70. The molecule has 18 nitrogen and oxygen atoms in total. The molecule has 111 heavy (non-hydrogen) atoms. The average Bonchev–Trinajstić information content (AvgIpc) is 0.781. The van der Waals surface area contributed by atoms with Crippen LogP contribution in [0.4, 0.5) is 0 Å². The van der Waals surface area contributed by atoms with Crippen molar-refractivity contribution >= 4 is 37.5 Å². The zero-order valence-corrected chi connectivity index (χ0v) is 73.7. The van der Waals surface area contributed by atoms with Crippen molar-refractivity contribution in [3.05, 3.63) is 0 Å². The number of phosphoric ester groups is 1. The Morgan fingerprint density at radius 2 is 0.667 bits per heavy atom. The van der Waals surface area contributed by atoms with Crippen LogP contribution in [0.2, 0.25) is 0 Å². The fourth-order valence-electron chi connectivity index (χ4n) is 15.5. The van der Waals surface area contributed by atoms with Gasteiger partial charge in [-0.25, -0.2) is 4.57 Å². The number of hydrogen-bond acceptors (Lipinski definition) is 14. The summed E-state index contributed by atoms with van der Waals surface area (Å²) in [4.78, 5) is 91.8. The molecule has 0 radical (unpaired) electrons. The van der Waals surface area contributed by atoms with Crippen LogP contribution in [0.1, 0.15) is 485 Å². The number of phosphoric acid groups is 1. The van der Waals surface area contributed by atoms with E-state index in [-0.39, 0.29) is 44.3 Å². The minimum Gasteiger partial charge on any atom is -0.462 e. The number of aliphatic hydroxyl groups is 1. The Bertz CT molecular complexity index is 2160. The van der Waals surface area contributed by atoms with Gasteiger partial charge in [0.15, 0.2) is 12.4 Å². The average molecular weight is 1600 g/mol. The van der Waals surface area contributed by atoms with Crippen molar-refractivity contribution < 1.29 is 76.4 Å². The summed E-state index contributed by atoms with van der Waals surface area (Å²) in [6, 6.07) is -1.49. The van der Waals surface area contributed by atoms with Crippen molar-refractivity contribution in [2.75, 3.05) is 26.4 Å². The van der Waals surface area contributed by atoms with E-state index in [0.717, 1.165) is 141 Å². The van der Waals surface area contributed by atoms with E-state index in [4.69, 9.17) is 32.9 Å². The minimum atomic E-state index is -5.43. The molecule has 1 rings (SSSR count). The third kappa shape index (κ3) is 67.0. The molecule has 1 aliphatic rings.